The largest absolute Gasteiger partial charge is 0.361 e. The number of aryl methyl sites for hydroxylation is 1. The molecule has 0 radical (unpaired) electrons. The van der Waals surface area contributed by atoms with Crippen molar-refractivity contribution in [3.05, 3.63) is 52.6 Å². The second-order valence-electron chi connectivity index (χ2n) is 3.88. The zero-order valence-electron chi connectivity index (χ0n) is 10.1. The van der Waals surface area contributed by atoms with Crippen LogP contribution in [0, 0.1) is 6.92 Å². The third-order valence-electron chi connectivity index (χ3n) is 2.41. The average molecular weight is 262 g/mol. The summed E-state index contributed by atoms with van der Waals surface area (Å²) < 4.78 is 4.93. The summed E-state index contributed by atoms with van der Waals surface area (Å²) in [7, 11) is 0. The second-order valence-corrected chi connectivity index (χ2v) is 4.91. The molecule has 2 rings (SSSR count). The van der Waals surface area contributed by atoms with E-state index in [1.54, 1.807) is 35.3 Å². The van der Waals surface area contributed by atoms with Crippen molar-refractivity contribution in [2.24, 2.45) is 0 Å². The summed E-state index contributed by atoms with van der Waals surface area (Å²) in [5.41, 5.74) is 0.339. The van der Waals surface area contributed by atoms with E-state index in [2.05, 4.69) is 11.7 Å². The van der Waals surface area contributed by atoms with Crippen LogP contribution in [0.1, 0.15) is 21.1 Å². The molecule has 0 bridgehead atoms. The Morgan fingerprint density at radius 2 is 2.50 bits per heavy atom. The Labute approximate surface area is 110 Å². The Kier molecular flexibility index (Phi) is 3.94. The lowest BCUT2D eigenvalue weighted by atomic mass is 10.3. The number of rotatable bonds is 5. The predicted octanol–water partition coefficient (Wildman–Crippen LogP) is 2.87. The molecule has 0 aliphatic heterocycles. The van der Waals surface area contributed by atoms with Crippen molar-refractivity contribution in [2.45, 2.75) is 13.5 Å². The Morgan fingerprint density at radius 1 is 1.67 bits per heavy atom. The molecule has 0 fully saturated rings. The van der Waals surface area contributed by atoms with Crippen molar-refractivity contribution in [2.75, 3.05) is 6.54 Å². The topological polar surface area (TPSA) is 46.3 Å². The fourth-order valence-electron chi connectivity index (χ4n) is 1.59. The summed E-state index contributed by atoms with van der Waals surface area (Å²) >= 11 is 1.62. The van der Waals surface area contributed by atoms with Crippen LogP contribution in [-0.2, 0) is 6.54 Å². The van der Waals surface area contributed by atoms with Gasteiger partial charge in [0.1, 0.15) is 5.76 Å². The number of carbonyl (C=O) groups excluding carboxylic acids is 1. The highest BCUT2D eigenvalue weighted by atomic mass is 32.1. The molecule has 0 aliphatic carbocycles. The Balaban J connectivity index is 2.14. The molecule has 0 atom stereocenters. The first-order chi connectivity index (χ1) is 8.70. The molecule has 2 aromatic rings. The summed E-state index contributed by atoms with van der Waals surface area (Å²) in [6.45, 7) is 6.49. The van der Waals surface area contributed by atoms with Crippen LogP contribution in [-0.4, -0.2) is 22.5 Å². The van der Waals surface area contributed by atoms with Crippen molar-refractivity contribution in [3.63, 3.8) is 0 Å². The van der Waals surface area contributed by atoms with Crippen molar-refractivity contribution < 1.29 is 9.32 Å². The van der Waals surface area contributed by atoms with E-state index in [4.69, 9.17) is 4.52 Å². The van der Waals surface area contributed by atoms with Crippen LogP contribution in [0.15, 0.2) is 40.8 Å². The first-order valence-electron chi connectivity index (χ1n) is 5.56. The molecule has 0 aromatic carbocycles. The maximum absolute atomic E-state index is 12.2. The summed E-state index contributed by atoms with van der Waals surface area (Å²) in [6.07, 6.45) is 1.71. The van der Waals surface area contributed by atoms with Gasteiger partial charge in [-0.2, -0.15) is 0 Å². The number of hydrogen-bond acceptors (Lipinski definition) is 4. The van der Waals surface area contributed by atoms with Gasteiger partial charge in [-0.1, -0.05) is 17.3 Å². The summed E-state index contributed by atoms with van der Waals surface area (Å²) in [6, 6.07) is 5.62. The summed E-state index contributed by atoms with van der Waals surface area (Å²) in [5, 5.41) is 5.74. The van der Waals surface area contributed by atoms with E-state index in [-0.39, 0.29) is 5.91 Å². The minimum absolute atomic E-state index is 0.139. The van der Waals surface area contributed by atoms with Gasteiger partial charge in [-0.15, -0.1) is 17.9 Å². The van der Waals surface area contributed by atoms with Gasteiger partial charge in [0.2, 0.25) is 0 Å². The van der Waals surface area contributed by atoms with E-state index < -0.39 is 0 Å². The zero-order chi connectivity index (χ0) is 13.0. The highest BCUT2D eigenvalue weighted by Gasteiger charge is 2.18. The molecule has 94 valence electrons. The minimum atomic E-state index is -0.139. The zero-order valence-corrected chi connectivity index (χ0v) is 10.9. The van der Waals surface area contributed by atoms with Crippen LogP contribution in [0.25, 0.3) is 0 Å². The Bertz CT molecular complexity index is 531. The smallest absolute Gasteiger partial charge is 0.276 e. The van der Waals surface area contributed by atoms with Crippen LogP contribution in [0.3, 0.4) is 0 Å². The minimum Gasteiger partial charge on any atom is -0.361 e. The fourth-order valence-corrected chi connectivity index (χ4v) is 2.31. The first kappa shape index (κ1) is 12.6. The van der Waals surface area contributed by atoms with Crippen LogP contribution in [0.4, 0.5) is 0 Å². The van der Waals surface area contributed by atoms with E-state index in [0.29, 0.717) is 24.5 Å². The molecule has 1 amide bonds. The number of amides is 1. The maximum Gasteiger partial charge on any atom is 0.276 e. The summed E-state index contributed by atoms with van der Waals surface area (Å²) in [4.78, 5) is 15.1. The van der Waals surface area contributed by atoms with E-state index in [1.807, 2.05) is 17.5 Å². The molecule has 0 saturated carbocycles. The normalized spacial score (nSPS) is 10.3. The van der Waals surface area contributed by atoms with Crippen molar-refractivity contribution in [3.8, 4) is 0 Å². The molecule has 2 aromatic heterocycles. The second kappa shape index (κ2) is 5.64. The molecule has 0 unspecified atom stereocenters. The molecule has 0 saturated heterocycles. The van der Waals surface area contributed by atoms with Crippen LogP contribution >= 0.6 is 11.3 Å². The van der Waals surface area contributed by atoms with E-state index in [0.717, 1.165) is 4.88 Å². The number of aromatic nitrogens is 1. The Morgan fingerprint density at radius 3 is 3.06 bits per heavy atom. The van der Waals surface area contributed by atoms with E-state index in [1.165, 1.54) is 0 Å². The lowest BCUT2D eigenvalue weighted by Gasteiger charge is -2.18. The first-order valence-corrected chi connectivity index (χ1v) is 6.44. The van der Waals surface area contributed by atoms with Crippen LogP contribution in [0.2, 0.25) is 0 Å². The van der Waals surface area contributed by atoms with Gasteiger partial charge >= 0.3 is 0 Å². The van der Waals surface area contributed by atoms with Gasteiger partial charge in [-0.25, -0.2) is 0 Å². The molecule has 4 nitrogen and oxygen atoms in total. The molecule has 0 aliphatic rings. The summed E-state index contributed by atoms with van der Waals surface area (Å²) in [5.74, 6) is 0.494. The van der Waals surface area contributed by atoms with Gasteiger partial charge in [0.05, 0.1) is 6.54 Å². The molecule has 5 heteroatoms. The standard InChI is InChI=1S/C13H14N2O2S/c1-3-6-15(9-11-5-4-7-18-11)13(16)12-8-10(2)17-14-12/h3-5,7-8H,1,6,9H2,2H3. The SMILES string of the molecule is C=CCN(Cc1cccs1)C(=O)c1cc(C)on1. The molecular weight excluding hydrogens is 248 g/mol. The lowest BCUT2D eigenvalue weighted by Crippen LogP contribution is -2.30. The van der Waals surface area contributed by atoms with Crippen molar-refractivity contribution in [1.29, 1.82) is 0 Å². The lowest BCUT2D eigenvalue weighted by molar-refractivity contribution is 0.0753. The van der Waals surface area contributed by atoms with Gasteiger partial charge in [0, 0.05) is 17.5 Å². The number of thiophene rings is 1. The highest BCUT2D eigenvalue weighted by molar-refractivity contribution is 7.09. The highest BCUT2D eigenvalue weighted by Crippen LogP contribution is 2.14. The van der Waals surface area contributed by atoms with Gasteiger partial charge in [0.25, 0.3) is 5.91 Å². The predicted molar refractivity (Wildman–Crippen MR) is 70.5 cm³/mol. The third kappa shape index (κ3) is 2.87. The number of carbonyl (C=O) groups is 1. The van der Waals surface area contributed by atoms with Crippen molar-refractivity contribution in [1.82, 2.24) is 10.1 Å². The molecule has 0 N–H and O–H groups in total. The Hall–Kier alpha value is -1.88. The van der Waals surface area contributed by atoms with Gasteiger partial charge in [-0.3, -0.25) is 4.79 Å². The monoisotopic (exact) mass is 262 g/mol. The van der Waals surface area contributed by atoms with E-state index >= 15 is 0 Å². The molecule has 2 heterocycles. The number of hydrogen-bond donors (Lipinski definition) is 0. The molecule has 0 spiro atoms. The van der Waals surface area contributed by atoms with Crippen LogP contribution in [0.5, 0.6) is 0 Å². The maximum atomic E-state index is 12.2. The molecule has 18 heavy (non-hydrogen) atoms. The average Bonchev–Trinajstić information content (AvgIpc) is 2.99. The van der Waals surface area contributed by atoms with Crippen LogP contribution < -0.4 is 0 Å². The number of nitrogens with zero attached hydrogens (tertiary/aromatic N) is 2. The van der Waals surface area contributed by atoms with Gasteiger partial charge in [-0.05, 0) is 18.4 Å². The van der Waals surface area contributed by atoms with Gasteiger partial charge in [0.15, 0.2) is 5.69 Å². The quantitative estimate of drug-likeness (QED) is 0.778. The van der Waals surface area contributed by atoms with Gasteiger partial charge < -0.3 is 9.42 Å². The third-order valence-corrected chi connectivity index (χ3v) is 3.27. The fraction of sp³-hybridized carbons (Fsp3) is 0.231. The van der Waals surface area contributed by atoms with E-state index in [9.17, 15) is 4.79 Å². The van der Waals surface area contributed by atoms with Crippen molar-refractivity contribution >= 4 is 17.2 Å². The molecular formula is C13H14N2O2S.